The molecule has 2 rings (SSSR count). The maximum atomic E-state index is 11.0. The second-order valence-corrected chi connectivity index (χ2v) is 3.80. The van der Waals surface area contributed by atoms with Crippen molar-refractivity contribution in [1.29, 1.82) is 0 Å². The van der Waals surface area contributed by atoms with Gasteiger partial charge in [0.1, 0.15) is 11.4 Å². The molecule has 0 unspecified atom stereocenters. The summed E-state index contributed by atoms with van der Waals surface area (Å²) in [5.74, 6) is -1.31. The van der Waals surface area contributed by atoms with Gasteiger partial charge in [-0.15, -0.1) is 5.11 Å². The number of hydrogen-bond acceptors (Lipinski definition) is 5. The van der Waals surface area contributed by atoms with E-state index in [4.69, 9.17) is 10.8 Å². The molecule has 6 heteroatoms. The van der Waals surface area contributed by atoms with Gasteiger partial charge in [-0.25, -0.2) is 4.79 Å². The van der Waals surface area contributed by atoms with E-state index >= 15 is 0 Å². The lowest BCUT2D eigenvalue weighted by atomic mass is 10.2. The Kier molecular flexibility index (Phi) is 3.42. The number of phenolic OH excluding ortho intramolecular Hbond substituents is 1. The van der Waals surface area contributed by atoms with Gasteiger partial charge in [0, 0.05) is 5.69 Å². The topological polar surface area (TPSA) is 108 Å². The van der Waals surface area contributed by atoms with Crippen LogP contribution in [0.3, 0.4) is 0 Å². The molecule has 0 aliphatic carbocycles. The Morgan fingerprint density at radius 1 is 1.05 bits per heavy atom. The van der Waals surface area contributed by atoms with Gasteiger partial charge >= 0.3 is 5.97 Å². The monoisotopic (exact) mass is 257 g/mol. The van der Waals surface area contributed by atoms with Crippen molar-refractivity contribution in [3.05, 3.63) is 48.0 Å². The molecule has 0 aromatic heterocycles. The third-order valence-corrected chi connectivity index (χ3v) is 2.38. The lowest BCUT2D eigenvalue weighted by molar-refractivity contribution is 0.0697. The van der Waals surface area contributed by atoms with Gasteiger partial charge in [0.05, 0.1) is 11.3 Å². The van der Waals surface area contributed by atoms with Crippen LogP contribution in [-0.4, -0.2) is 16.2 Å². The van der Waals surface area contributed by atoms with Crippen LogP contribution in [0.4, 0.5) is 17.1 Å². The Hall–Kier alpha value is -2.89. The number of phenols is 1. The number of carboxylic acid groups (broad SMARTS) is 1. The van der Waals surface area contributed by atoms with Crippen molar-refractivity contribution < 1.29 is 15.0 Å². The first-order chi connectivity index (χ1) is 9.06. The number of carboxylic acids is 1. The van der Waals surface area contributed by atoms with Crippen LogP contribution in [0, 0.1) is 0 Å². The predicted molar refractivity (Wildman–Crippen MR) is 70.1 cm³/mol. The van der Waals surface area contributed by atoms with Crippen molar-refractivity contribution >= 4 is 23.0 Å². The number of benzene rings is 2. The van der Waals surface area contributed by atoms with Crippen molar-refractivity contribution in [2.75, 3.05) is 5.73 Å². The summed E-state index contributed by atoms with van der Waals surface area (Å²) in [6, 6.07) is 10.5. The fourth-order valence-corrected chi connectivity index (χ4v) is 1.44. The van der Waals surface area contributed by atoms with E-state index in [0.717, 1.165) is 6.07 Å². The van der Waals surface area contributed by atoms with Crippen LogP contribution >= 0.6 is 0 Å². The Balaban J connectivity index is 2.32. The maximum absolute atomic E-state index is 11.0. The van der Waals surface area contributed by atoms with Gasteiger partial charge in [-0.3, -0.25) is 0 Å². The second-order valence-electron chi connectivity index (χ2n) is 3.80. The average Bonchev–Trinajstić information content (AvgIpc) is 2.39. The van der Waals surface area contributed by atoms with E-state index in [9.17, 15) is 9.90 Å². The number of hydrogen-bond donors (Lipinski definition) is 3. The van der Waals surface area contributed by atoms with E-state index in [2.05, 4.69) is 10.2 Å². The van der Waals surface area contributed by atoms with Crippen LogP contribution < -0.4 is 5.73 Å². The van der Waals surface area contributed by atoms with Gasteiger partial charge in [0.25, 0.3) is 0 Å². The molecule has 0 radical (unpaired) electrons. The third kappa shape index (κ3) is 3.06. The van der Waals surface area contributed by atoms with Crippen LogP contribution in [0.1, 0.15) is 10.4 Å². The molecule has 96 valence electrons. The number of rotatable bonds is 3. The molecule has 0 amide bonds. The molecular formula is C13H11N3O3. The summed E-state index contributed by atoms with van der Waals surface area (Å²) in [4.78, 5) is 11.0. The highest BCUT2D eigenvalue weighted by Gasteiger charge is 2.10. The number of carbonyl (C=O) groups is 1. The number of nitrogens with zero attached hydrogens (tertiary/aromatic N) is 2. The molecule has 2 aromatic carbocycles. The van der Waals surface area contributed by atoms with Gasteiger partial charge in [0.15, 0.2) is 0 Å². The van der Waals surface area contributed by atoms with E-state index < -0.39 is 5.97 Å². The molecule has 0 saturated carbocycles. The fourth-order valence-electron chi connectivity index (χ4n) is 1.44. The summed E-state index contributed by atoms with van der Waals surface area (Å²) in [5, 5.41) is 26.0. The van der Waals surface area contributed by atoms with E-state index in [-0.39, 0.29) is 17.0 Å². The average molecular weight is 257 g/mol. The molecule has 0 spiro atoms. The number of aromatic carboxylic acids is 1. The summed E-state index contributed by atoms with van der Waals surface area (Å²) >= 11 is 0. The Bertz CT molecular complexity index is 636. The van der Waals surface area contributed by atoms with E-state index in [1.54, 1.807) is 24.3 Å². The normalized spacial score (nSPS) is 10.7. The number of aromatic hydroxyl groups is 1. The zero-order chi connectivity index (χ0) is 13.8. The Morgan fingerprint density at radius 2 is 1.74 bits per heavy atom. The summed E-state index contributed by atoms with van der Waals surface area (Å²) in [6.45, 7) is 0. The highest BCUT2D eigenvalue weighted by molar-refractivity contribution is 5.93. The largest absolute Gasteiger partial charge is 0.508 e. The predicted octanol–water partition coefficient (Wildman–Crippen LogP) is 3.09. The van der Waals surface area contributed by atoms with Crippen LogP contribution in [0.2, 0.25) is 0 Å². The minimum absolute atomic E-state index is 0.112. The molecule has 0 heterocycles. The molecule has 0 bridgehead atoms. The summed E-state index contributed by atoms with van der Waals surface area (Å²) < 4.78 is 0. The van der Waals surface area contributed by atoms with Crippen molar-refractivity contribution in [1.82, 2.24) is 0 Å². The molecule has 0 saturated heterocycles. The molecule has 0 atom stereocenters. The van der Waals surface area contributed by atoms with Gasteiger partial charge < -0.3 is 15.9 Å². The fraction of sp³-hybridized carbons (Fsp3) is 0. The third-order valence-electron chi connectivity index (χ3n) is 2.38. The van der Waals surface area contributed by atoms with E-state index in [0.29, 0.717) is 11.4 Å². The first-order valence-electron chi connectivity index (χ1n) is 5.40. The summed E-state index contributed by atoms with van der Waals surface area (Å²) in [7, 11) is 0. The molecule has 19 heavy (non-hydrogen) atoms. The minimum atomic E-state index is -1.18. The second kappa shape index (κ2) is 5.18. The van der Waals surface area contributed by atoms with E-state index in [1.807, 2.05) is 0 Å². The zero-order valence-electron chi connectivity index (χ0n) is 9.82. The first-order valence-corrected chi connectivity index (χ1v) is 5.40. The highest BCUT2D eigenvalue weighted by atomic mass is 16.4. The summed E-state index contributed by atoms with van der Waals surface area (Å²) in [5.41, 5.74) is 6.75. The smallest absolute Gasteiger partial charge is 0.338 e. The van der Waals surface area contributed by atoms with Crippen molar-refractivity contribution in [2.24, 2.45) is 10.2 Å². The van der Waals surface area contributed by atoms with Crippen molar-refractivity contribution in [3.8, 4) is 5.75 Å². The highest BCUT2D eigenvalue weighted by Crippen LogP contribution is 2.26. The van der Waals surface area contributed by atoms with Gasteiger partial charge in [0.2, 0.25) is 0 Å². The number of anilines is 1. The molecule has 0 fully saturated rings. The Labute approximate surface area is 108 Å². The van der Waals surface area contributed by atoms with Crippen LogP contribution in [0.25, 0.3) is 0 Å². The quantitative estimate of drug-likeness (QED) is 0.579. The molecule has 4 N–H and O–H groups in total. The van der Waals surface area contributed by atoms with Crippen LogP contribution in [-0.2, 0) is 0 Å². The van der Waals surface area contributed by atoms with E-state index in [1.165, 1.54) is 12.1 Å². The number of nitrogens with two attached hydrogens (primary N) is 1. The van der Waals surface area contributed by atoms with Gasteiger partial charge in [-0.05, 0) is 42.5 Å². The lowest BCUT2D eigenvalue weighted by Gasteiger charge is -2.00. The summed E-state index contributed by atoms with van der Waals surface area (Å²) in [6.07, 6.45) is 0. The zero-order valence-corrected chi connectivity index (χ0v) is 9.82. The number of nitrogen functional groups attached to an aromatic ring is 1. The van der Waals surface area contributed by atoms with Crippen molar-refractivity contribution in [3.63, 3.8) is 0 Å². The molecule has 6 nitrogen and oxygen atoms in total. The molecule has 0 aliphatic rings. The van der Waals surface area contributed by atoms with Crippen LogP contribution in [0.5, 0.6) is 5.75 Å². The van der Waals surface area contributed by atoms with Gasteiger partial charge in [-0.1, -0.05) is 0 Å². The van der Waals surface area contributed by atoms with Crippen molar-refractivity contribution in [2.45, 2.75) is 0 Å². The molecule has 2 aromatic rings. The van der Waals surface area contributed by atoms with Gasteiger partial charge in [-0.2, -0.15) is 5.11 Å². The first kappa shape index (κ1) is 12.6. The maximum Gasteiger partial charge on any atom is 0.338 e. The van der Waals surface area contributed by atoms with Crippen LogP contribution in [0.15, 0.2) is 52.7 Å². The standard InChI is InChI=1S/C13H11N3O3/c14-8-1-3-9(4-2-8)15-16-12-6-5-10(17)7-11(12)13(18)19/h1-7,17H,14H2,(H,18,19). The number of azo groups is 1. The minimum Gasteiger partial charge on any atom is -0.508 e. The molecular weight excluding hydrogens is 246 g/mol. The SMILES string of the molecule is Nc1ccc(N=Nc2ccc(O)cc2C(=O)O)cc1. The Morgan fingerprint density at radius 3 is 2.37 bits per heavy atom. The lowest BCUT2D eigenvalue weighted by Crippen LogP contribution is -1.95. The molecule has 0 aliphatic heterocycles.